The van der Waals surface area contributed by atoms with E-state index < -0.39 is 0 Å². The molecule has 2 aliphatic carbocycles. The molecule has 0 spiro atoms. The van der Waals surface area contributed by atoms with Crippen molar-refractivity contribution in [2.75, 3.05) is 13.7 Å². The number of carbonyl (C=O) groups excluding carboxylic acids is 1. The third-order valence-corrected chi connectivity index (χ3v) is 3.76. The second-order valence-electron chi connectivity index (χ2n) is 5.16. The average molecular weight is 223 g/mol. The van der Waals surface area contributed by atoms with Crippen LogP contribution < -0.4 is 0 Å². The molecule has 0 saturated heterocycles. The zero-order valence-corrected chi connectivity index (χ0v) is 10.1. The molecule has 0 aromatic rings. The first-order valence-electron chi connectivity index (χ1n) is 6.35. The highest BCUT2D eigenvalue weighted by molar-refractivity contribution is 5.77. The second kappa shape index (κ2) is 4.98. The van der Waals surface area contributed by atoms with Gasteiger partial charge in [0.2, 0.25) is 0 Å². The van der Waals surface area contributed by atoms with Gasteiger partial charge in [0.25, 0.3) is 0 Å². The van der Waals surface area contributed by atoms with Crippen LogP contribution in [0.4, 0.5) is 0 Å². The van der Waals surface area contributed by atoms with Crippen molar-refractivity contribution >= 4 is 12.2 Å². The Labute approximate surface area is 97.3 Å². The number of aliphatic imine (C=N–C) groups is 1. The number of esters is 1. The van der Waals surface area contributed by atoms with Gasteiger partial charge in [0.05, 0.1) is 19.1 Å². The highest BCUT2D eigenvalue weighted by atomic mass is 16.5. The Morgan fingerprint density at radius 2 is 2.06 bits per heavy atom. The lowest BCUT2D eigenvalue weighted by Gasteiger charge is -2.32. The van der Waals surface area contributed by atoms with Crippen molar-refractivity contribution in [2.45, 2.75) is 44.9 Å². The first kappa shape index (κ1) is 11.6. The third kappa shape index (κ3) is 2.63. The molecule has 0 aromatic carbocycles. The molecular weight excluding hydrogens is 202 g/mol. The zero-order chi connectivity index (χ0) is 11.4. The predicted molar refractivity (Wildman–Crippen MR) is 63.6 cm³/mol. The molecular formula is C13H21NO2. The summed E-state index contributed by atoms with van der Waals surface area (Å²) in [6.45, 7) is 0.635. The summed E-state index contributed by atoms with van der Waals surface area (Å²) < 4.78 is 4.95. The Hall–Kier alpha value is -0.860. The van der Waals surface area contributed by atoms with E-state index in [9.17, 15) is 4.79 Å². The first-order chi connectivity index (χ1) is 7.77. The van der Waals surface area contributed by atoms with Crippen LogP contribution in [0.5, 0.6) is 0 Å². The fourth-order valence-corrected chi connectivity index (χ4v) is 2.49. The molecule has 3 heteroatoms. The minimum absolute atomic E-state index is 0.0554. The Morgan fingerprint density at radius 3 is 2.62 bits per heavy atom. The van der Waals surface area contributed by atoms with E-state index >= 15 is 0 Å². The van der Waals surface area contributed by atoms with Crippen LogP contribution in [-0.2, 0) is 9.53 Å². The van der Waals surface area contributed by atoms with Gasteiger partial charge in [0.15, 0.2) is 0 Å². The quantitative estimate of drug-likeness (QED) is 0.543. The predicted octanol–water partition coefficient (Wildman–Crippen LogP) is 2.59. The number of hydrogen-bond acceptors (Lipinski definition) is 3. The van der Waals surface area contributed by atoms with Crippen LogP contribution in [0.15, 0.2) is 4.99 Å². The monoisotopic (exact) mass is 223 g/mol. The molecule has 0 unspecified atom stereocenters. The molecule has 0 heterocycles. The van der Waals surface area contributed by atoms with Gasteiger partial charge in [-0.15, -0.1) is 0 Å². The molecule has 3 nitrogen and oxygen atoms in total. The first-order valence-corrected chi connectivity index (χ1v) is 6.35. The van der Waals surface area contributed by atoms with E-state index in [2.05, 4.69) is 4.99 Å². The van der Waals surface area contributed by atoms with Gasteiger partial charge in [-0.1, -0.05) is 19.3 Å². The van der Waals surface area contributed by atoms with Crippen molar-refractivity contribution < 1.29 is 9.53 Å². The van der Waals surface area contributed by atoms with Gasteiger partial charge in [-0.3, -0.25) is 9.79 Å². The Morgan fingerprint density at radius 1 is 1.38 bits per heavy atom. The van der Waals surface area contributed by atoms with Gasteiger partial charge in [-0.05, 0) is 31.6 Å². The molecule has 90 valence electrons. The zero-order valence-electron chi connectivity index (χ0n) is 10.1. The maximum atomic E-state index is 11.9. The van der Waals surface area contributed by atoms with Gasteiger partial charge < -0.3 is 4.74 Å². The minimum Gasteiger partial charge on any atom is -0.469 e. The summed E-state index contributed by atoms with van der Waals surface area (Å²) in [7, 11) is 1.49. The third-order valence-electron chi connectivity index (χ3n) is 3.76. The highest BCUT2D eigenvalue weighted by Gasteiger charge is 2.40. The molecule has 0 bridgehead atoms. The van der Waals surface area contributed by atoms with Crippen LogP contribution in [0.2, 0.25) is 0 Å². The van der Waals surface area contributed by atoms with Crippen molar-refractivity contribution in [3.05, 3.63) is 0 Å². The van der Waals surface area contributed by atoms with E-state index in [1.54, 1.807) is 0 Å². The standard InChI is InChI=1S/C13H21NO2/c1-16-12(15)13(7-3-2-4-8-13)10-14-9-11-5-6-11/h9,11H,2-8,10H2,1H3. The van der Waals surface area contributed by atoms with E-state index in [0.717, 1.165) is 25.7 Å². The van der Waals surface area contributed by atoms with E-state index in [1.165, 1.54) is 26.4 Å². The number of hydrogen-bond donors (Lipinski definition) is 0. The molecule has 2 aliphatic rings. The van der Waals surface area contributed by atoms with Crippen molar-refractivity contribution in [1.82, 2.24) is 0 Å². The molecule has 0 aromatic heterocycles. The average Bonchev–Trinajstić information content (AvgIpc) is 3.13. The summed E-state index contributed by atoms with van der Waals surface area (Å²) in [6, 6.07) is 0. The molecule has 0 aliphatic heterocycles. The number of ether oxygens (including phenoxy) is 1. The van der Waals surface area contributed by atoms with Gasteiger partial charge >= 0.3 is 5.97 Å². The number of rotatable bonds is 4. The van der Waals surface area contributed by atoms with Crippen LogP contribution in [0, 0.1) is 11.3 Å². The molecule has 16 heavy (non-hydrogen) atoms. The number of methoxy groups -OCH3 is 1. The molecule has 0 atom stereocenters. The van der Waals surface area contributed by atoms with E-state index in [0.29, 0.717) is 12.5 Å². The van der Waals surface area contributed by atoms with E-state index in [-0.39, 0.29) is 11.4 Å². The summed E-state index contributed by atoms with van der Waals surface area (Å²) in [4.78, 5) is 16.4. The lowest BCUT2D eigenvalue weighted by molar-refractivity contribution is -0.154. The maximum absolute atomic E-state index is 11.9. The minimum atomic E-state index is -0.307. The van der Waals surface area contributed by atoms with Crippen molar-refractivity contribution in [3.63, 3.8) is 0 Å². The fourth-order valence-electron chi connectivity index (χ4n) is 2.49. The van der Waals surface area contributed by atoms with Crippen molar-refractivity contribution in [3.8, 4) is 0 Å². The maximum Gasteiger partial charge on any atom is 0.313 e. The van der Waals surface area contributed by atoms with Crippen LogP contribution in [0.1, 0.15) is 44.9 Å². The van der Waals surface area contributed by atoms with Crippen molar-refractivity contribution in [1.29, 1.82) is 0 Å². The summed E-state index contributed by atoms with van der Waals surface area (Å²) in [5.74, 6) is 0.637. The number of nitrogens with zero attached hydrogens (tertiary/aromatic N) is 1. The second-order valence-corrected chi connectivity index (χ2v) is 5.16. The van der Waals surface area contributed by atoms with Crippen LogP contribution >= 0.6 is 0 Å². The molecule has 0 amide bonds. The Balaban J connectivity index is 1.97. The van der Waals surface area contributed by atoms with E-state index in [4.69, 9.17) is 4.74 Å². The molecule has 2 saturated carbocycles. The fraction of sp³-hybridized carbons (Fsp3) is 0.846. The van der Waals surface area contributed by atoms with E-state index in [1.807, 2.05) is 6.21 Å². The Bertz CT molecular complexity index is 276. The molecule has 2 fully saturated rings. The normalized spacial score (nSPS) is 24.6. The SMILES string of the molecule is COC(=O)C1(CN=CC2CC2)CCCCC1. The van der Waals surface area contributed by atoms with Gasteiger partial charge in [0.1, 0.15) is 0 Å². The summed E-state index contributed by atoms with van der Waals surface area (Å²) in [5, 5.41) is 0. The van der Waals surface area contributed by atoms with Gasteiger partial charge in [-0.25, -0.2) is 0 Å². The molecule has 0 N–H and O–H groups in total. The number of carbonyl (C=O) groups is 1. The van der Waals surface area contributed by atoms with Crippen molar-refractivity contribution in [2.24, 2.45) is 16.3 Å². The highest BCUT2D eigenvalue weighted by Crippen LogP contribution is 2.38. The Kier molecular flexibility index (Phi) is 3.62. The lowest BCUT2D eigenvalue weighted by Crippen LogP contribution is -2.37. The topological polar surface area (TPSA) is 38.7 Å². The summed E-state index contributed by atoms with van der Waals surface area (Å²) in [6.07, 6.45) is 9.99. The molecule has 2 rings (SSSR count). The van der Waals surface area contributed by atoms with Crippen LogP contribution in [0.25, 0.3) is 0 Å². The lowest BCUT2D eigenvalue weighted by atomic mass is 9.74. The smallest absolute Gasteiger partial charge is 0.313 e. The molecule has 0 radical (unpaired) electrons. The summed E-state index contributed by atoms with van der Waals surface area (Å²) in [5.41, 5.74) is -0.307. The largest absolute Gasteiger partial charge is 0.469 e. The van der Waals surface area contributed by atoms with Crippen LogP contribution in [-0.4, -0.2) is 25.8 Å². The van der Waals surface area contributed by atoms with Gasteiger partial charge in [0, 0.05) is 6.21 Å². The summed E-state index contributed by atoms with van der Waals surface area (Å²) >= 11 is 0. The van der Waals surface area contributed by atoms with Crippen LogP contribution in [0.3, 0.4) is 0 Å². The van der Waals surface area contributed by atoms with Gasteiger partial charge in [-0.2, -0.15) is 0 Å².